The molecule has 1 aliphatic rings. The van der Waals surface area contributed by atoms with Gasteiger partial charge in [0, 0.05) is 17.2 Å². The minimum Gasteiger partial charge on any atom is -0.348 e. The van der Waals surface area contributed by atoms with Gasteiger partial charge in [0.25, 0.3) is 5.91 Å². The third-order valence-corrected chi connectivity index (χ3v) is 5.73. The van der Waals surface area contributed by atoms with Gasteiger partial charge in [-0.3, -0.25) is 9.89 Å². The Bertz CT molecular complexity index is 955. The van der Waals surface area contributed by atoms with E-state index in [1.807, 2.05) is 36.4 Å². The van der Waals surface area contributed by atoms with Crippen LogP contribution < -0.4 is 5.32 Å². The van der Waals surface area contributed by atoms with E-state index >= 15 is 0 Å². The molecule has 1 atom stereocenters. The predicted octanol–water partition coefficient (Wildman–Crippen LogP) is 1.29. The maximum atomic E-state index is 12.3. The molecule has 1 aromatic carbocycles. The van der Waals surface area contributed by atoms with Gasteiger partial charge < -0.3 is 5.32 Å². The molecule has 2 heterocycles. The van der Waals surface area contributed by atoms with Gasteiger partial charge in [-0.25, -0.2) is 8.42 Å². The zero-order valence-corrected chi connectivity index (χ0v) is 14.1. The molecule has 0 bridgehead atoms. The van der Waals surface area contributed by atoms with E-state index in [1.165, 1.54) is 12.3 Å². The lowest BCUT2D eigenvalue weighted by Crippen LogP contribution is -2.36. The number of nitriles is 1. The largest absolute Gasteiger partial charge is 0.348 e. The number of sulfone groups is 1. The molecule has 7 nitrogen and oxygen atoms in total. The number of hydrogen-bond donors (Lipinski definition) is 2. The normalized spacial score (nSPS) is 19.3. The van der Waals surface area contributed by atoms with Crippen LogP contribution in [-0.4, -0.2) is 42.1 Å². The van der Waals surface area contributed by atoms with Crippen molar-refractivity contribution in [3.63, 3.8) is 0 Å². The molecule has 0 aliphatic carbocycles. The maximum Gasteiger partial charge on any atom is 0.262 e. The Hall–Kier alpha value is -2.92. The summed E-state index contributed by atoms with van der Waals surface area (Å²) >= 11 is 0. The molecule has 0 saturated carbocycles. The number of nitrogens with zero attached hydrogens (tertiary/aromatic N) is 2. The first kappa shape index (κ1) is 16.9. The molecule has 3 rings (SSSR count). The van der Waals surface area contributed by atoms with E-state index in [0.717, 1.165) is 5.56 Å². The number of amides is 1. The fourth-order valence-electron chi connectivity index (χ4n) is 2.72. The average Bonchev–Trinajstić information content (AvgIpc) is 3.19. The van der Waals surface area contributed by atoms with E-state index < -0.39 is 21.8 Å². The van der Waals surface area contributed by atoms with Crippen LogP contribution in [0.25, 0.3) is 17.3 Å². The molecule has 25 heavy (non-hydrogen) atoms. The summed E-state index contributed by atoms with van der Waals surface area (Å²) in [4.78, 5) is 12.3. The van der Waals surface area contributed by atoms with Crippen molar-refractivity contribution in [2.75, 3.05) is 11.5 Å². The number of carbonyl (C=O) groups excluding carboxylic acids is 1. The molecule has 1 amide bonds. The van der Waals surface area contributed by atoms with Gasteiger partial charge in [-0.2, -0.15) is 10.4 Å². The highest BCUT2D eigenvalue weighted by atomic mass is 32.2. The second-order valence-corrected chi connectivity index (χ2v) is 8.04. The first-order valence-corrected chi connectivity index (χ1v) is 9.52. The first-order chi connectivity index (χ1) is 12.0. The molecule has 1 unspecified atom stereocenters. The number of rotatable bonds is 4. The van der Waals surface area contributed by atoms with Crippen LogP contribution in [0.5, 0.6) is 0 Å². The minimum absolute atomic E-state index is 0.0590. The van der Waals surface area contributed by atoms with Crippen LogP contribution in [-0.2, 0) is 14.6 Å². The summed E-state index contributed by atoms with van der Waals surface area (Å²) in [5.74, 6) is -0.605. The maximum absolute atomic E-state index is 12.3. The van der Waals surface area contributed by atoms with Gasteiger partial charge in [0.15, 0.2) is 9.84 Å². The van der Waals surface area contributed by atoms with Crippen molar-refractivity contribution in [3.05, 3.63) is 47.7 Å². The van der Waals surface area contributed by atoms with E-state index in [4.69, 9.17) is 0 Å². The van der Waals surface area contributed by atoms with Crippen molar-refractivity contribution in [1.82, 2.24) is 15.5 Å². The molecule has 2 aromatic rings. The smallest absolute Gasteiger partial charge is 0.262 e. The van der Waals surface area contributed by atoms with Gasteiger partial charge in [0.2, 0.25) is 0 Å². The number of aromatic nitrogens is 2. The molecule has 1 aromatic heterocycles. The third-order valence-electron chi connectivity index (χ3n) is 3.96. The standard InChI is InChI=1S/C17H16N4O3S/c18-9-13(17(22)20-15-6-7-25(23,24)11-15)8-14-10-19-21-16(14)12-4-2-1-3-5-12/h1-5,8,10,15H,6-7,11H2,(H,19,21)(H,20,22)/b13-8+. The van der Waals surface area contributed by atoms with E-state index in [-0.39, 0.29) is 17.1 Å². The van der Waals surface area contributed by atoms with Crippen LogP contribution >= 0.6 is 0 Å². The number of carbonyl (C=O) groups is 1. The van der Waals surface area contributed by atoms with Gasteiger partial charge in [0.05, 0.1) is 23.4 Å². The number of H-pyrrole nitrogens is 1. The van der Waals surface area contributed by atoms with E-state index in [9.17, 15) is 18.5 Å². The fourth-order valence-corrected chi connectivity index (χ4v) is 4.39. The lowest BCUT2D eigenvalue weighted by atomic mass is 10.1. The Morgan fingerprint density at radius 3 is 2.76 bits per heavy atom. The van der Waals surface area contributed by atoms with Crippen LogP contribution in [0, 0.1) is 11.3 Å². The molecule has 8 heteroatoms. The lowest BCUT2D eigenvalue weighted by molar-refractivity contribution is -0.117. The molecule has 1 aliphatic heterocycles. The van der Waals surface area contributed by atoms with Crippen molar-refractivity contribution in [3.8, 4) is 17.3 Å². The average molecular weight is 356 g/mol. The van der Waals surface area contributed by atoms with Crippen LogP contribution in [0.1, 0.15) is 12.0 Å². The summed E-state index contributed by atoms with van der Waals surface area (Å²) in [5.41, 5.74) is 2.09. The van der Waals surface area contributed by atoms with Gasteiger partial charge in [0.1, 0.15) is 11.6 Å². The summed E-state index contributed by atoms with van der Waals surface area (Å²) in [6.07, 6.45) is 3.35. The van der Waals surface area contributed by atoms with Crippen molar-refractivity contribution in [2.24, 2.45) is 0 Å². The second kappa shape index (κ2) is 6.91. The third kappa shape index (κ3) is 3.95. The summed E-state index contributed by atoms with van der Waals surface area (Å²) in [6.45, 7) is 0. The van der Waals surface area contributed by atoms with Gasteiger partial charge >= 0.3 is 0 Å². The molecule has 1 saturated heterocycles. The molecular weight excluding hydrogens is 340 g/mol. The fraction of sp³-hybridized carbons (Fsp3) is 0.235. The highest BCUT2D eigenvalue weighted by molar-refractivity contribution is 7.91. The Labute approximate surface area is 145 Å². The lowest BCUT2D eigenvalue weighted by Gasteiger charge is -2.09. The van der Waals surface area contributed by atoms with Crippen molar-refractivity contribution >= 4 is 21.8 Å². The Morgan fingerprint density at radius 2 is 2.12 bits per heavy atom. The quantitative estimate of drug-likeness (QED) is 0.632. The van der Waals surface area contributed by atoms with Crippen molar-refractivity contribution in [2.45, 2.75) is 12.5 Å². The topological polar surface area (TPSA) is 116 Å². The van der Waals surface area contributed by atoms with Crippen LogP contribution in [0.15, 0.2) is 42.1 Å². The Kier molecular flexibility index (Phi) is 4.67. The van der Waals surface area contributed by atoms with Crippen LogP contribution in [0.4, 0.5) is 0 Å². The summed E-state index contributed by atoms with van der Waals surface area (Å²) in [6, 6.07) is 10.8. The molecular formula is C17H16N4O3S. The highest BCUT2D eigenvalue weighted by Gasteiger charge is 2.29. The van der Waals surface area contributed by atoms with Crippen molar-refractivity contribution < 1.29 is 13.2 Å². The molecule has 128 valence electrons. The molecule has 0 spiro atoms. The first-order valence-electron chi connectivity index (χ1n) is 7.70. The summed E-state index contributed by atoms with van der Waals surface area (Å²) < 4.78 is 23.0. The minimum atomic E-state index is -3.10. The van der Waals surface area contributed by atoms with E-state index in [0.29, 0.717) is 17.7 Å². The zero-order chi connectivity index (χ0) is 17.9. The number of nitrogens with one attached hydrogen (secondary N) is 2. The SMILES string of the molecule is N#C/C(=C\c1cn[nH]c1-c1ccccc1)C(=O)NC1CCS(=O)(=O)C1. The molecule has 1 fully saturated rings. The summed E-state index contributed by atoms with van der Waals surface area (Å²) in [7, 11) is -3.10. The van der Waals surface area contributed by atoms with Crippen molar-refractivity contribution in [1.29, 1.82) is 5.26 Å². The Balaban J connectivity index is 1.81. The van der Waals surface area contributed by atoms with E-state index in [2.05, 4.69) is 15.5 Å². The zero-order valence-electron chi connectivity index (χ0n) is 13.3. The monoisotopic (exact) mass is 356 g/mol. The Morgan fingerprint density at radius 1 is 1.36 bits per heavy atom. The van der Waals surface area contributed by atoms with Gasteiger partial charge in [-0.1, -0.05) is 30.3 Å². The van der Waals surface area contributed by atoms with Gasteiger partial charge in [-0.15, -0.1) is 0 Å². The molecule has 2 N–H and O–H groups in total. The predicted molar refractivity (Wildman–Crippen MR) is 92.8 cm³/mol. The van der Waals surface area contributed by atoms with Crippen LogP contribution in [0.2, 0.25) is 0 Å². The summed E-state index contributed by atoms with van der Waals surface area (Å²) in [5, 5.41) is 18.8. The molecule has 0 radical (unpaired) electrons. The highest BCUT2D eigenvalue weighted by Crippen LogP contribution is 2.23. The van der Waals surface area contributed by atoms with Gasteiger partial charge in [-0.05, 0) is 12.5 Å². The van der Waals surface area contributed by atoms with E-state index in [1.54, 1.807) is 0 Å². The van der Waals surface area contributed by atoms with Crippen LogP contribution in [0.3, 0.4) is 0 Å². The number of benzene rings is 1. The second-order valence-electron chi connectivity index (χ2n) is 5.81. The number of aromatic amines is 1. The number of hydrogen-bond acceptors (Lipinski definition) is 5.